The highest BCUT2D eigenvalue weighted by molar-refractivity contribution is 5.73. The summed E-state index contributed by atoms with van der Waals surface area (Å²) < 4.78 is 0. The average molecular weight is 195 g/mol. The number of hydrogen-bond donors (Lipinski definition) is 4. The van der Waals surface area contributed by atoms with Gasteiger partial charge in [-0.15, -0.1) is 0 Å². The van der Waals surface area contributed by atoms with Crippen LogP contribution in [0.5, 0.6) is 0 Å². The molecular formula is C5H9NO7. The summed E-state index contributed by atoms with van der Waals surface area (Å²) in [7, 11) is 0. The number of carbonyl (C=O) groups excluding carboxylic acids is 1. The van der Waals surface area contributed by atoms with Crippen LogP contribution in [0, 0.1) is 10.1 Å². The van der Waals surface area contributed by atoms with Crippen LogP contribution < -0.4 is 0 Å². The highest BCUT2D eigenvalue weighted by Crippen LogP contribution is 2.01. The van der Waals surface area contributed by atoms with Crippen molar-refractivity contribution in [2.75, 3.05) is 6.61 Å². The molecular weight excluding hydrogens is 186 g/mol. The van der Waals surface area contributed by atoms with Crippen LogP contribution in [-0.2, 0) is 4.79 Å². The van der Waals surface area contributed by atoms with Gasteiger partial charge in [-0.25, -0.2) is 4.79 Å². The molecule has 0 aromatic carbocycles. The van der Waals surface area contributed by atoms with Gasteiger partial charge in [-0.05, 0) is 0 Å². The van der Waals surface area contributed by atoms with Gasteiger partial charge < -0.3 is 20.4 Å². The van der Waals surface area contributed by atoms with Gasteiger partial charge >= 0.3 is 5.91 Å². The number of aliphatic hydroxyl groups is 4. The van der Waals surface area contributed by atoms with Gasteiger partial charge in [0.15, 0.2) is 0 Å². The highest BCUT2D eigenvalue weighted by atomic mass is 16.6. The van der Waals surface area contributed by atoms with E-state index in [0.717, 1.165) is 0 Å². The van der Waals surface area contributed by atoms with Crippen molar-refractivity contribution in [2.45, 2.75) is 18.3 Å². The van der Waals surface area contributed by atoms with Crippen LogP contribution in [0.3, 0.4) is 0 Å². The molecule has 0 rings (SSSR count). The van der Waals surface area contributed by atoms with Crippen molar-refractivity contribution >= 4 is 5.91 Å². The van der Waals surface area contributed by atoms with E-state index >= 15 is 0 Å². The lowest BCUT2D eigenvalue weighted by Gasteiger charge is -2.16. The fraction of sp³-hybridized carbons (Fsp3) is 0.800. The first-order valence-corrected chi connectivity index (χ1v) is 3.25. The number of hydrogen-bond acceptors (Lipinski definition) is 7. The molecule has 3 atom stereocenters. The topological polar surface area (TPSA) is 141 Å². The van der Waals surface area contributed by atoms with Gasteiger partial charge in [-0.3, -0.25) is 10.1 Å². The zero-order valence-electron chi connectivity index (χ0n) is 6.40. The minimum absolute atomic E-state index is 0.913. The van der Waals surface area contributed by atoms with Gasteiger partial charge in [0, 0.05) is 0 Å². The van der Waals surface area contributed by atoms with Crippen molar-refractivity contribution in [2.24, 2.45) is 0 Å². The average Bonchev–Trinajstić information content (AvgIpc) is 2.12. The third kappa shape index (κ3) is 3.03. The molecule has 0 unspecified atom stereocenters. The van der Waals surface area contributed by atoms with E-state index in [1.807, 2.05) is 0 Å². The van der Waals surface area contributed by atoms with Gasteiger partial charge in [0.2, 0.25) is 6.10 Å². The van der Waals surface area contributed by atoms with E-state index in [-0.39, 0.29) is 0 Å². The standard InChI is InChI=1S/C5H9NO7/c7-1-2(8)3(9)4(10)5(11)6(12)13/h2-4,7-10H,1H2/t2-,3-,4-/m1/s1. The highest BCUT2D eigenvalue weighted by Gasteiger charge is 2.37. The van der Waals surface area contributed by atoms with Gasteiger partial charge in [-0.2, -0.15) is 0 Å². The fourth-order valence-electron chi connectivity index (χ4n) is 0.572. The van der Waals surface area contributed by atoms with Gasteiger partial charge in [-0.1, -0.05) is 0 Å². The lowest BCUT2D eigenvalue weighted by molar-refractivity contribution is -0.411. The van der Waals surface area contributed by atoms with Crippen molar-refractivity contribution in [3.63, 3.8) is 0 Å². The Morgan fingerprint density at radius 2 is 1.85 bits per heavy atom. The first-order chi connectivity index (χ1) is 5.91. The Morgan fingerprint density at radius 1 is 1.38 bits per heavy atom. The zero-order valence-corrected chi connectivity index (χ0v) is 6.40. The Balaban J connectivity index is 4.33. The number of nitrogens with zero attached hydrogens (tertiary/aromatic N) is 1. The Morgan fingerprint density at radius 3 is 2.15 bits per heavy atom. The van der Waals surface area contributed by atoms with E-state index in [0.29, 0.717) is 0 Å². The minimum Gasteiger partial charge on any atom is -0.394 e. The second kappa shape index (κ2) is 4.82. The summed E-state index contributed by atoms with van der Waals surface area (Å²) in [6.07, 6.45) is -6.20. The molecule has 0 saturated heterocycles. The van der Waals surface area contributed by atoms with Crippen molar-refractivity contribution in [3.05, 3.63) is 10.1 Å². The van der Waals surface area contributed by atoms with Crippen LogP contribution in [-0.4, -0.2) is 56.2 Å². The van der Waals surface area contributed by atoms with Gasteiger partial charge in [0.25, 0.3) is 0 Å². The molecule has 0 aromatic rings. The van der Waals surface area contributed by atoms with E-state index in [2.05, 4.69) is 0 Å². The van der Waals surface area contributed by atoms with Crippen LogP contribution in [0.4, 0.5) is 0 Å². The quantitative estimate of drug-likeness (QED) is 0.274. The lowest BCUT2D eigenvalue weighted by Crippen LogP contribution is -2.46. The summed E-state index contributed by atoms with van der Waals surface area (Å²) in [5, 5.41) is 44.3. The number of rotatable bonds is 4. The third-order valence-corrected chi connectivity index (χ3v) is 1.34. The third-order valence-electron chi connectivity index (χ3n) is 1.34. The second-order valence-electron chi connectivity index (χ2n) is 2.28. The zero-order chi connectivity index (χ0) is 10.6. The molecule has 0 radical (unpaired) electrons. The fourth-order valence-corrected chi connectivity index (χ4v) is 0.572. The molecule has 0 heterocycles. The number of nitro groups is 1. The van der Waals surface area contributed by atoms with Crippen LogP contribution in [0.1, 0.15) is 0 Å². The molecule has 0 aromatic heterocycles. The molecule has 0 spiro atoms. The van der Waals surface area contributed by atoms with Crippen LogP contribution in [0.15, 0.2) is 0 Å². The molecule has 1 amide bonds. The molecule has 0 fully saturated rings. The van der Waals surface area contributed by atoms with E-state index in [4.69, 9.17) is 20.4 Å². The smallest absolute Gasteiger partial charge is 0.394 e. The molecule has 76 valence electrons. The minimum atomic E-state index is -2.34. The lowest BCUT2D eigenvalue weighted by atomic mass is 10.1. The molecule has 0 aliphatic heterocycles. The van der Waals surface area contributed by atoms with Crippen LogP contribution in [0.2, 0.25) is 0 Å². The van der Waals surface area contributed by atoms with E-state index in [9.17, 15) is 14.9 Å². The molecule has 8 heteroatoms. The SMILES string of the molecule is O=C([C@H](O)[C@H](O)[C@H](O)CO)[N+](=O)[O-]. The van der Waals surface area contributed by atoms with Gasteiger partial charge in [0.05, 0.1) is 6.61 Å². The maximum Gasteiger partial charge on any atom is 0.475 e. The molecule has 8 nitrogen and oxygen atoms in total. The molecule has 4 N–H and O–H groups in total. The number of amides is 1. The summed E-state index contributed by atoms with van der Waals surface area (Å²) in [6.45, 7) is -0.913. The molecule has 0 saturated carbocycles. The molecule has 13 heavy (non-hydrogen) atoms. The predicted molar refractivity (Wildman–Crippen MR) is 37.1 cm³/mol. The van der Waals surface area contributed by atoms with Crippen molar-refractivity contribution in [3.8, 4) is 0 Å². The second-order valence-corrected chi connectivity index (χ2v) is 2.28. The Labute approximate surface area is 72.2 Å². The maximum atomic E-state index is 10.4. The van der Waals surface area contributed by atoms with E-state index in [1.165, 1.54) is 0 Å². The number of aliphatic hydroxyl groups excluding tert-OH is 4. The van der Waals surface area contributed by atoms with Crippen molar-refractivity contribution in [1.29, 1.82) is 0 Å². The summed E-state index contributed by atoms with van der Waals surface area (Å²) in [4.78, 5) is 18.8. The maximum absolute atomic E-state index is 10.4. The van der Waals surface area contributed by atoms with Crippen molar-refractivity contribution < 1.29 is 30.1 Å². The first kappa shape index (κ1) is 11.9. The Hall–Kier alpha value is -1.09. The molecule has 0 bridgehead atoms. The molecule has 0 aliphatic carbocycles. The van der Waals surface area contributed by atoms with E-state index in [1.54, 1.807) is 0 Å². The summed E-state index contributed by atoms with van der Waals surface area (Å²) in [6, 6.07) is 0. The van der Waals surface area contributed by atoms with Crippen LogP contribution >= 0.6 is 0 Å². The predicted octanol–water partition coefficient (Wildman–Crippen LogP) is -3.14. The normalized spacial score (nSPS) is 17.5. The summed E-state index contributed by atoms with van der Waals surface area (Å²) in [5.41, 5.74) is 0. The largest absolute Gasteiger partial charge is 0.475 e. The van der Waals surface area contributed by atoms with E-state index < -0.39 is 35.7 Å². The van der Waals surface area contributed by atoms with Crippen LogP contribution in [0.25, 0.3) is 0 Å². The first-order valence-electron chi connectivity index (χ1n) is 3.25. The summed E-state index contributed by atoms with van der Waals surface area (Å²) >= 11 is 0. The summed E-state index contributed by atoms with van der Waals surface area (Å²) in [5.74, 6) is -1.83. The monoisotopic (exact) mass is 195 g/mol. The Kier molecular flexibility index (Phi) is 4.42. The number of carbonyl (C=O) groups is 1. The van der Waals surface area contributed by atoms with Gasteiger partial charge in [0.1, 0.15) is 17.1 Å². The molecule has 0 aliphatic rings. The van der Waals surface area contributed by atoms with Crippen molar-refractivity contribution in [1.82, 2.24) is 0 Å². The Bertz CT molecular complexity index is 205.